The summed E-state index contributed by atoms with van der Waals surface area (Å²) in [6.07, 6.45) is 7.09. The zero-order valence-corrected chi connectivity index (χ0v) is 12.8. The second-order valence-electron chi connectivity index (χ2n) is 5.41. The number of fused-ring (bicyclic) bond motifs is 1. The van der Waals surface area contributed by atoms with Crippen molar-refractivity contribution >= 4 is 16.6 Å². The summed E-state index contributed by atoms with van der Waals surface area (Å²) < 4.78 is 16.6. The molecule has 6 heteroatoms. The summed E-state index contributed by atoms with van der Waals surface area (Å²) in [4.78, 5) is 0. The average molecular weight is 299 g/mol. The van der Waals surface area contributed by atoms with Crippen LogP contribution in [0.3, 0.4) is 0 Å². The van der Waals surface area contributed by atoms with Crippen molar-refractivity contribution in [2.24, 2.45) is 5.73 Å². The minimum absolute atomic E-state index is 0.273. The number of aromatic nitrogens is 4. The monoisotopic (exact) mass is 299 g/mol. The molecule has 1 aromatic carbocycles. The van der Waals surface area contributed by atoms with Crippen LogP contribution >= 0.6 is 0 Å². The van der Waals surface area contributed by atoms with Crippen molar-refractivity contribution in [3.63, 3.8) is 0 Å². The lowest BCUT2D eigenvalue weighted by Gasteiger charge is -2.14. The van der Waals surface area contributed by atoms with Gasteiger partial charge in [0.15, 0.2) is 0 Å². The van der Waals surface area contributed by atoms with Crippen molar-refractivity contribution in [1.82, 2.24) is 20.0 Å². The first-order chi connectivity index (χ1) is 10.5. The Hall–Kier alpha value is -2.63. The van der Waals surface area contributed by atoms with Gasteiger partial charge < -0.3 is 5.73 Å². The van der Waals surface area contributed by atoms with Gasteiger partial charge in [0, 0.05) is 28.4 Å². The number of halogens is 1. The van der Waals surface area contributed by atoms with Crippen LogP contribution in [-0.2, 0) is 6.54 Å². The third kappa shape index (κ3) is 2.16. The highest BCUT2D eigenvalue weighted by Gasteiger charge is 2.20. The zero-order valence-electron chi connectivity index (χ0n) is 12.8. The summed E-state index contributed by atoms with van der Waals surface area (Å²) in [5.74, 6) is -0.273. The van der Waals surface area contributed by atoms with Crippen molar-refractivity contribution in [2.45, 2.75) is 27.3 Å². The standard InChI is InChI=1S/C16H18FN5/c1-4-13(18)14-10(3)15(17)12(16-11(14)6-19-21-16)8-22-7-9(2)5-20-22/h4-7H,8,18H2,1-3H3,(H,19,21)/b13-4-. The molecular weight excluding hydrogens is 281 g/mol. The average Bonchev–Trinajstić information content (AvgIpc) is 3.12. The number of nitrogens with zero attached hydrogens (tertiary/aromatic N) is 3. The molecule has 0 bridgehead atoms. The SMILES string of the molecule is C/C=C(\N)c1c(C)c(F)c(Cn2cc(C)cn2)c2[nH]ncc12. The molecule has 0 unspecified atom stereocenters. The highest BCUT2D eigenvalue weighted by atomic mass is 19.1. The van der Waals surface area contributed by atoms with Gasteiger partial charge in [0.1, 0.15) is 5.82 Å². The van der Waals surface area contributed by atoms with Gasteiger partial charge >= 0.3 is 0 Å². The largest absolute Gasteiger partial charge is 0.398 e. The van der Waals surface area contributed by atoms with E-state index in [1.54, 1.807) is 30.1 Å². The van der Waals surface area contributed by atoms with Gasteiger partial charge in [-0.1, -0.05) is 6.08 Å². The molecule has 3 aromatic rings. The summed E-state index contributed by atoms with van der Waals surface area (Å²) in [5, 5.41) is 12.0. The Balaban J connectivity index is 2.24. The van der Waals surface area contributed by atoms with E-state index in [-0.39, 0.29) is 5.82 Å². The fraction of sp³-hybridized carbons (Fsp3) is 0.250. The van der Waals surface area contributed by atoms with E-state index < -0.39 is 0 Å². The summed E-state index contributed by atoms with van der Waals surface area (Å²) in [5.41, 5.74) is 10.0. The molecule has 2 heterocycles. The first kappa shape index (κ1) is 14.3. The van der Waals surface area contributed by atoms with E-state index in [9.17, 15) is 4.39 Å². The molecule has 114 valence electrons. The smallest absolute Gasteiger partial charge is 0.134 e. The topological polar surface area (TPSA) is 72.5 Å². The van der Waals surface area contributed by atoms with Gasteiger partial charge in [0.25, 0.3) is 0 Å². The number of H-pyrrole nitrogens is 1. The van der Waals surface area contributed by atoms with Gasteiger partial charge in [-0.05, 0) is 31.9 Å². The Morgan fingerprint density at radius 2 is 2.18 bits per heavy atom. The quantitative estimate of drug-likeness (QED) is 0.781. The molecule has 0 aliphatic rings. The third-order valence-electron chi connectivity index (χ3n) is 3.86. The number of hydrogen-bond donors (Lipinski definition) is 2. The molecule has 0 saturated heterocycles. The fourth-order valence-electron chi connectivity index (χ4n) is 2.73. The number of allylic oxidation sites excluding steroid dienone is 1. The van der Waals surface area contributed by atoms with E-state index in [2.05, 4.69) is 15.3 Å². The van der Waals surface area contributed by atoms with Crippen molar-refractivity contribution in [1.29, 1.82) is 0 Å². The summed E-state index contributed by atoms with van der Waals surface area (Å²) in [6.45, 7) is 5.87. The molecule has 3 rings (SSSR count). The van der Waals surface area contributed by atoms with E-state index >= 15 is 0 Å². The molecular formula is C16H18FN5. The Kier molecular flexibility index (Phi) is 3.44. The van der Waals surface area contributed by atoms with Crippen LogP contribution in [0.2, 0.25) is 0 Å². The normalized spacial score (nSPS) is 12.3. The molecule has 5 nitrogen and oxygen atoms in total. The van der Waals surface area contributed by atoms with Gasteiger partial charge in [-0.2, -0.15) is 10.2 Å². The van der Waals surface area contributed by atoms with Gasteiger partial charge in [0.2, 0.25) is 0 Å². The minimum atomic E-state index is -0.273. The Bertz CT molecular complexity index is 872. The van der Waals surface area contributed by atoms with Gasteiger partial charge in [-0.25, -0.2) is 4.39 Å². The molecule has 22 heavy (non-hydrogen) atoms. The fourth-order valence-corrected chi connectivity index (χ4v) is 2.73. The number of aryl methyl sites for hydroxylation is 1. The number of aromatic amines is 1. The number of benzene rings is 1. The van der Waals surface area contributed by atoms with Crippen molar-refractivity contribution in [2.75, 3.05) is 0 Å². The van der Waals surface area contributed by atoms with E-state index in [1.165, 1.54) is 0 Å². The van der Waals surface area contributed by atoms with Gasteiger partial charge in [-0.15, -0.1) is 0 Å². The number of hydrogen-bond acceptors (Lipinski definition) is 3. The second kappa shape index (κ2) is 5.29. The molecule has 0 aliphatic carbocycles. The third-order valence-corrected chi connectivity index (χ3v) is 3.86. The van der Waals surface area contributed by atoms with Crippen LogP contribution in [0, 0.1) is 19.7 Å². The molecule has 0 radical (unpaired) electrons. The van der Waals surface area contributed by atoms with Crippen molar-refractivity contribution in [3.8, 4) is 0 Å². The van der Waals surface area contributed by atoms with Crippen LogP contribution in [-0.4, -0.2) is 20.0 Å². The van der Waals surface area contributed by atoms with Crippen molar-refractivity contribution in [3.05, 3.63) is 52.7 Å². The van der Waals surface area contributed by atoms with Gasteiger partial charge in [-0.3, -0.25) is 9.78 Å². The highest BCUT2D eigenvalue weighted by molar-refractivity contribution is 5.94. The summed E-state index contributed by atoms with van der Waals surface area (Å²) in [6, 6.07) is 0. The molecule has 2 aromatic heterocycles. The molecule has 0 fully saturated rings. The van der Waals surface area contributed by atoms with Crippen LogP contribution in [0.1, 0.15) is 29.2 Å². The number of nitrogens with one attached hydrogen (secondary N) is 1. The molecule has 0 amide bonds. The van der Waals surface area contributed by atoms with E-state index in [0.29, 0.717) is 34.4 Å². The lowest BCUT2D eigenvalue weighted by Crippen LogP contribution is -2.08. The molecule has 0 saturated carbocycles. The predicted octanol–water partition coefficient (Wildman–Crippen LogP) is 2.88. The maximum atomic E-state index is 14.9. The Morgan fingerprint density at radius 3 is 2.82 bits per heavy atom. The Morgan fingerprint density at radius 1 is 1.41 bits per heavy atom. The minimum Gasteiger partial charge on any atom is -0.398 e. The molecule has 3 N–H and O–H groups in total. The lowest BCUT2D eigenvalue weighted by molar-refractivity contribution is 0.580. The number of rotatable bonds is 3. The molecule has 0 aliphatic heterocycles. The molecule has 0 atom stereocenters. The summed E-state index contributed by atoms with van der Waals surface area (Å²) in [7, 11) is 0. The predicted molar refractivity (Wildman–Crippen MR) is 84.7 cm³/mol. The van der Waals surface area contributed by atoms with E-state index in [4.69, 9.17) is 5.73 Å². The first-order valence-electron chi connectivity index (χ1n) is 7.08. The summed E-state index contributed by atoms with van der Waals surface area (Å²) >= 11 is 0. The van der Waals surface area contributed by atoms with Crippen LogP contribution in [0.15, 0.2) is 24.7 Å². The Labute approximate surface area is 127 Å². The first-order valence-corrected chi connectivity index (χ1v) is 7.08. The highest BCUT2D eigenvalue weighted by Crippen LogP contribution is 2.31. The zero-order chi connectivity index (χ0) is 15.9. The van der Waals surface area contributed by atoms with Gasteiger partial charge in [0.05, 0.1) is 24.5 Å². The van der Waals surface area contributed by atoms with Crippen LogP contribution in [0.4, 0.5) is 4.39 Å². The maximum absolute atomic E-state index is 14.9. The number of nitrogens with two attached hydrogens (primary N) is 1. The lowest BCUT2D eigenvalue weighted by atomic mass is 9.96. The van der Waals surface area contributed by atoms with E-state index in [0.717, 1.165) is 10.9 Å². The molecule has 0 spiro atoms. The van der Waals surface area contributed by atoms with E-state index in [1.807, 2.05) is 20.0 Å². The van der Waals surface area contributed by atoms with Crippen LogP contribution < -0.4 is 5.73 Å². The van der Waals surface area contributed by atoms with Crippen LogP contribution in [0.5, 0.6) is 0 Å². The maximum Gasteiger partial charge on any atom is 0.134 e. The van der Waals surface area contributed by atoms with Crippen LogP contribution in [0.25, 0.3) is 16.6 Å². The second-order valence-corrected chi connectivity index (χ2v) is 5.41. The van der Waals surface area contributed by atoms with Crippen molar-refractivity contribution < 1.29 is 4.39 Å².